The molecule has 4 unspecified atom stereocenters. The molecule has 4 rings (SSSR count). The molecule has 0 aromatic heterocycles. The van der Waals surface area contributed by atoms with E-state index < -0.39 is 77.6 Å². The first kappa shape index (κ1) is 40.6. The van der Waals surface area contributed by atoms with Gasteiger partial charge in [-0.2, -0.15) is 0 Å². The molecule has 1 aromatic rings. The first-order valence-corrected chi connectivity index (χ1v) is 18.1. The number of nitrogens with zero attached hydrogens (tertiary/aromatic N) is 2. The van der Waals surface area contributed by atoms with Gasteiger partial charge in [0.15, 0.2) is 6.10 Å². The van der Waals surface area contributed by atoms with Crippen molar-refractivity contribution in [2.75, 3.05) is 27.2 Å². The number of likely N-dealkylation sites (tertiary alicyclic amines) is 1. The van der Waals surface area contributed by atoms with Gasteiger partial charge in [0.25, 0.3) is 5.91 Å². The maximum Gasteiger partial charge on any atom is 0.408 e. The lowest BCUT2D eigenvalue weighted by molar-refractivity contribution is -0.145. The monoisotopic (exact) mass is 726 g/mol. The summed E-state index contributed by atoms with van der Waals surface area (Å²) in [7, 11) is 3.15. The van der Waals surface area contributed by atoms with Gasteiger partial charge < -0.3 is 40.9 Å². The largest absolute Gasteiger partial charge is 0.444 e. The van der Waals surface area contributed by atoms with Crippen LogP contribution in [-0.4, -0.2) is 108 Å². The third-order valence-corrected chi connectivity index (χ3v) is 10.3. The lowest BCUT2D eigenvalue weighted by Crippen LogP contribution is -2.61. The Kier molecular flexibility index (Phi) is 12.0. The normalized spacial score (nSPS) is 22.8. The minimum Gasteiger partial charge on any atom is -0.444 e. The Bertz CT molecular complexity index is 1510. The number of rotatable bonds is 13. The Morgan fingerprint density at radius 1 is 0.962 bits per heavy atom. The predicted octanol–water partition coefficient (Wildman–Crippen LogP) is 2.12. The van der Waals surface area contributed by atoms with Crippen molar-refractivity contribution >= 4 is 35.6 Å². The highest BCUT2D eigenvalue weighted by molar-refractivity contribution is 5.94. The van der Waals surface area contributed by atoms with Crippen LogP contribution in [0.2, 0.25) is 0 Å². The van der Waals surface area contributed by atoms with Crippen molar-refractivity contribution in [1.29, 1.82) is 0 Å². The van der Waals surface area contributed by atoms with Crippen LogP contribution in [0.3, 0.4) is 0 Å². The number of ether oxygens (including phenoxy) is 1. The number of hydrogen-bond acceptors (Lipinski definition) is 8. The zero-order chi connectivity index (χ0) is 38.9. The van der Waals surface area contributed by atoms with Crippen molar-refractivity contribution < 1.29 is 38.6 Å². The Labute approximate surface area is 307 Å². The molecule has 0 radical (unpaired) electrons. The second-order valence-electron chi connectivity index (χ2n) is 17.4. The number of benzene rings is 1. The number of fused-ring (bicyclic) bond motifs is 1. The third-order valence-electron chi connectivity index (χ3n) is 10.3. The summed E-state index contributed by atoms with van der Waals surface area (Å²) < 4.78 is 5.44. The van der Waals surface area contributed by atoms with E-state index in [4.69, 9.17) is 4.74 Å². The highest BCUT2D eigenvalue weighted by Crippen LogP contribution is 2.65. The molecule has 14 nitrogen and oxygen atoms in total. The molecule has 0 bridgehead atoms. The molecule has 1 heterocycles. The molecule has 1 saturated heterocycles. The predicted molar refractivity (Wildman–Crippen MR) is 193 cm³/mol. The maximum absolute atomic E-state index is 14.2. The van der Waals surface area contributed by atoms with Gasteiger partial charge in [0.2, 0.25) is 23.6 Å². The Hall–Kier alpha value is -4.20. The van der Waals surface area contributed by atoms with E-state index in [0.717, 1.165) is 12.8 Å². The first-order valence-electron chi connectivity index (χ1n) is 18.1. The number of likely N-dealkylation sites (N-methyl/N-ethyl adjacent to an activating group) is 1. The minimum absolute atomic E-state index is 0.0575. The van der Waals surface area contributed by atoms with Crippen LogP contribution in [0.5, 0.6) is 0 Å². The lowest BCUT2D eigenvalue weighted by Gasteiger charge is -2.38. The van der Waals surface area contributed by atoms with Crippen LogP contribution in [0.25, 0.3) is 0 Å². The van der Waals surface area contributed by atoms with Crippen LogP contribution in [-0.2, 0) is 28.7 Å². The number of aliphatic hydroxyl groups excluding tert-OH is 1. The smallest absolute Gasteiger partial charge is 0.408 e. The topological polar surface area (TPSA) is 186 Å². The van der Waals surface area contributed by atoms with Crippen LogP contribution in [0.4, 0.5) is 4.79 Å². The minimum atomic E-state index is -1.68. The van der Waals surface area contributed by atoms with E-state index >= 15 is 0 Å². The summed E-state index contributed by atoms with van der Waals surface area (Å²) in [6.45, 7) is 14.6. The fourth-order valence-electron chi connectivity index (χ4n) is 7.16. The van der Waals surface area contributed by atoms with Gasteiger partial charge in [-0.05, 0) is 61.3 Å². The van der Waals surface area contributed by atoms with Gasteiger partial charge in [0, 0.05) is 20.6 Å². The molecule has 2 saturated carbocycles. The number of amides is 6. The third kappa shape index (κ3) is 9.81. The van der Waals surface area contributed by atoms with Crippen molar-refractivity contribution in [3.05, 3.63) is 35.9 Å². The van der Waals surface area contributed by atoms with Crippen LogP contribution >= 0.6 is 0 Å². The Morgan fingerprint density at radius 3 is 2.12 bits per heavy atom. The van der Waals surface area contributed by atoms with Gasteiger partial charge in [-0.3, -0.25) is 24.0 Å². The summed E-state index contributed by atoms with van der Waals surface area (Å²) in [6, 6.07) is 4.89. The van der Waals surface area contributed by atoms with E-state index in [0.29, 0.717) is 18.5 Å². The van der Waals surface area contributed by atoms with Gasteiger partial charge in [0.05, 0.1) is 12.6 Å². The molecule has 52 heavy (non-hydrogen) atoms. The van der Waals surface area contributed by atoms with E-state index in [2.05, 4.69) is 21.3 Å². The molecule has 288 valence electrons. The van der Waals surface area contributed by atoms with E-state index in [9.17, 15) is 33.9 Å². The maximum atomic E-state index is 14.2. The second kappa shape index (κ2) is 15.4. The molecule has 14 heteroatoms. The zero-order valence-electron chi connectivity index (χ0n) is 32.2. The number of hydrogen-bond donors (Lipinski definition) is 5. The number of piperidine rings is 1. The highest BCUT2D eigenvalue weighted by Gasteiger charge is 2.70. The average Bonchev–Trinajstić information content (AvgIpc) is 3.90. The number of aliphatic hydroxyl groups is 1. The van der Waals surface area contributed by atoms with Crippen molar-refractivity contribution in [3.63, 3.8) is 0 Å². The van der Waals surface area contributed by atoms with Crippen molar-refractivity contribution in [2.45, 2.75) is 111 Å². The van der Waals surface area contributed by atoms with Crippen molar-refractivity contribution in [3.8, 4) is 0 Å². The summed E-state index contributed by atoms with van der Waals surface area (Å²) in [5.74, 6) is -2.63. The van der Waals surface area contributed by atoms with Gasteiger partial charge in [0.1, 0.15) is 23.7 Å². The molecule has 2 aliphatic carbocycles. The molecule has 7 atom stereocenters. The molecule has 5 N–H and O–H groups in total. The van der Waals surface area contributed by atoms with Crippen LogP contribution in [0.1, 0.15) is 86.3 Å². The Morgan fingerprint density at radius 2 is 1.58 bits per heavy atom. The summed E-state index contributed by atoms with van der Waals surface area (Å²) in [5.41, 5.74) is -1.13. The van der Waals surface area contributed by atoms with Crippen LogP contribution in [0, 0.1) is 28.6 Å². The van der Waals surface area contributed by atoms with E-state index in [-0.39, 0.29) is 29.1 Å². The standard InChI is InChI=1S/C38H58N6O8/c1-36(2,3)30(42-35(51)52-37(4,5)6)34(50)44-20-23-26(38(23,7)8)28(44)31(47)40-24(18-21-16-17-21)29(46)32(48)39-19-25(45)41-27(33(49)43(9)10)22-14-12-11-13-15-22/h11-15,21,23-24,26-30,46H,16-20H2,1-10H3,(H,39,48)(H,40,47)(H,41,45)(H,42,51)/t23-,24?,26?,27-,28?,29?,30+/m0/s1. The number of nitrogens with one attached hydrogen (secondary N) is 4. The highest BCUT2D eigenvalue weighted by atomic mass is 16.6. The van der Waals surface area contributed by atoms with Crippen molar-refractivity contribution in [2.24, 2.45) is 28.6 Å². The van der Waals surface area contributed by atoms with Crippen LogP contribution < -0.4 is 21.3 Å². The first-order chi connectivity index (χ1) is 24.0. The summed E-state index contributed by atoms with van der Waals surface area (Å²) in [4.78, 5) is 83.1. The van der Waals surface area contributed by atoms with E-state index in [1.165, 1.54) is 9.80 Å². The lowest BCUT2D eigenvalue weighted by atomic mass is 9.85. The average molecular weight is 727 g/mol. The fourth-order valence-corrected chi connectivity index (χ4v) is 7.16. The zero-order valence-corrected chi connectivity index (χ0v) is 32.2. The summed E-state index contributed by atoms with van der Waals surface area (Å²) >= 11 is 0. The number of carbonyl (C=O) groups excluding carboxylic acids is 6. The summed E-state index contributed by atoms with van der Waals surface area (Å²) in [5, 5.41) is 22.0. The van der Waals surface area contributed by atoms with Gasteiger partial charge >= 0.3 is 6.09 Å². The van der Waals surface area contributed by atoms with Gasteiger partial charge in [-0.25, -0.2) is 4.79 Å². The molecule has 0 spiro atoms. The fraction of sp³-hybridized carbons (Fsp3) is 0.684. The van der Waals surface area contributed by atoms with E-state index in [1.807, 2.05) is 34.6 Å². The van der Waals surface area contributed by atoms with Gasteiger partial charge in [-0.15, -0.1) is 0 Å². The number of alkyl carbamates (subject to hydrolysis) is 1. The van der Waals surface area contributed by atoms with E-state index in [1.54, 1.807) is 65.2 Å². The molecule has 1 aliphatic heterocycles. The Balaban J connectivity index is 1.46. The quantitative estimate of drug-likeness (QED) is 0.205. The van der Waals surface area contributed by atoms with Crippen LogP contribution in [0.15, 0.2) is 30.3 Å². The molecular formula is C38H58N6O8. The van der Waals surface area contributed by atoms with Gasteiger partial charge in [-0.1, -0.05) is 77.8 Å². The number of carbonyl (C=O) groups is 6. The second-order valence-corrected chi connectivity index (χ2v) is 17.4. The SMILES string of the molecule is CN(C)C(=O)[C@@H](NC(=O)CNC(=O)C(O)C(CC1CC1)NC(=O)C1C2[C@H](CN1C(=O)[C@@H](NC(=O)OC(C)(C)C)C(C)(C)C)C2(C)C)c1ccccc1. The molecule has 6 amide bonds. The summed E-state index contributed by atoms with van der Waals surface area (Å²) in [6.07, 6.45) is -0.310. The van der Waals surface area contributed by atoms with Crippen molar-refractivity contribution in [1.82, 2.24) is 31.1 Å². The molecular weight excluding hydrogens is 668 g/mol. The molecule has 3 fully saturated rings. The molecule has 3 aliphatic rings. The molecule has 1 aromatic carbocycles.